The summed E-state index contributed by atoms with van der Waals surface area (Å²) >= 11 is 0. The quantitative estimate of drug-likeness (QED) is 0.487. The molecule has 3 rings (SSSR count). The molecule has 0 aromatic carbocycles. The van der Waals surface area contributed by atoms with E-state index in [4.69, 9.17) is 0 Å². The molecule has 2 heterocycles. The van der Waals surface area contributed by atoms with Crippen LogP contribution in [0.25, 0.3) is 0 Å². The monoisotopic (exact) mass is 139 g/mol. The highest BCUT2D eigenvalue weighted by Gasteiger charge is 2.50. The number of amides is 1. The van der Waals surface area contributed by atoms with E-state index in [0.717, 1.165) is 18.4 Å². The Morgan fingerprint density at radius 3 is 2.50 bits per heavy atom. The standard InChI is InChI=1S/C8H13NO/c1-5-7-3-8(5)9(4-7)6(2)10/h5,7-8H,3-4H2,1-2H3. The van der Waals surface area contributed by atoms with Crippen LogP contribution in [-0.2, 0) is 4.79 Å². The van der Waals surface area contributed by atoms with E-state index in [0.29, 0.717) is 6.04 Å². The molecule has 56 valence electrons. The lowest BCUT2D eigenvalue weighted by Gasteiger charge is -2.33. The zero-order chi connectivity index (χ0) is 7.30. The van der Waals surface area contributed by atoms with E-state index in [9.17, 15) is 4.79 Å². The summed E-state index contributed by atoms with van der Waals surface area (Å²) < 4.78 is 0. The van der Waals surface area contributed by atoms with Crippen molar-refractivity contribution >= 4 is 5.91 Å². The van der Waals surface area contributed by atoms with Crippen molar-refractivity contribution < 1.29 is 4.79 Å². The highest BCUT2D eigenvalue weighted by molar-refractivity contribution is 5.74. The molecular weight excluding hydrogens is 126 g/mol. The molecule has 0 aromatic rings. The van der Waals surface area contributed by atoms with Crippen LogP contribution >= 0.6 is 0 Å². The SMILES string of the molecule is CC(=O)N1CC2CC1C2C. The first kappa shape index (κ1) is 6.20. The fraction of sp³-hybridized carbons (Fsp3) is 0.875. The van der Waals surface area contributed by atoms with Crippen molar-refractivity contribution in [3.63, 3.8) is 0 Å². The predicted octanol–water partition coefficient (Wildman–Crippen LogP) is 0.873. The largest absolute Gasteiger partial charge is 0.339 e. The lowest BCUT2D eigenvalue weighted by molar-refractivity contribution is -0.129. The fourth-order valence-corrected chi connectivity index (χ4v) is 2.26. The molecule has 1 aliphatic carbocycles. The van der Waals surface area contributed by atoms with Gasteiger partial charge in [-0.25, -0.2) is 0 Å². The number of rotatable bonds is 0. The van der Waals surface area contributed by atoms with Crippen LogP contribution in [0.15, 0.2) is 0 Å². The van der Waals surface area contributed by atoms with Crippen LogP contribution in [0.3, 0.4) is 0 Å². The van der Waals surface area contributed by atoms with E-state index in [2.05, 4.69) is 6.92 Å². The molecule has 2 nitrogen and oxygen atoms in total. The van der Waals surface area contributed by atoms with Gasteiger partial charge in [-0.2, -0.15) is 0 Å². The minimum Gasteiger partial charge on any atom is -0.339 e. The van der Waals surface area contributed by atoms with Crippen LogP contribution in [0.5, 0.6) is 0 Å². The smallest absolute Gasteiger partial charge is 0.219 e. The van der Waals surface area contributed by atoms with Gasteiger partial charge in [-0.15, -0.1) is 0 Å². The van der Waals surface area contributed by atoms with E-state index in [-0.39, 0.29) is 5.91 Å². The lowest BCUT2D eigenvalue weighted by Crippen LogP contribution is -2.38. The van der Waals surface area contributed by atoms with Gasteiger partial charge in [0.25, 0.3) is 0 Å². The summed E-state index contributed by atoms with van der Waals surface area (Å²) in [6.07, 6.45) is 1.26. The molecule has 3 fully saturated rings. The molecule has 2 aliphatic heterocycles. The molecular formula is C8H13NO. The van der Waals surface area contributed by atoms with Gasteiger partial charge < -0.3 is 4.90 Å². The number of fused-ring (bicyclic) bond motifs is 1. The number of carbonyl (C=O) groups is 1. The summed E-state index contributed by atoms with van der Waals surface area (Å²) in [5, 5.41) is 0. The van der Waals surface area contributed by atoms with Crippen molar-refractivity contribution in [2.24, 2.45) is 11.8 Å². The molecule has 0 aromatic heterocycles. The van der Waals surface area contributed by atoms with Crippen LogP contribution < -0.4 is 0 Å². The van der Waals surface area contributed by atoms with Crippen LogP contribution in [-0.4, -0.2) is 23.4 Å². The third-order valence-corrected chi connectivity index (χ3v) is 3.13. The van der Waals surface area contributed by atoms with Crippen LogP contribution in [0.2, 0.25) is 0 Å². The second kappa shape index (κ2) is 1.74. The number of carbonyl (C=O) groups excluding carboxylic acids is 1. The Morgan fingerprint density at radius 2 is 2.30 bits per heavy atom. The Morgan fingerprint density at radius 1 is 1.60 bits per heavy atom. The lowest BCUT2D eigenvalue weighted by atomic mass is 9.75. The summed E-state index contributed by atoms with van der Waals surface area (Å²) in [5.41, 5.74) is 0. The Hall–Kier alpha value is -0.530. The van der Waals surface area contributed by atoms with Crippen molar-refractivity contribution in [3.05, 3.63) is 0 Å². The van der Waals surface area contributed by atoms with E-state index < -0.39 is 0 Å². The van der Waals surface area contributed by atoms with E-state index >= 15 is 0 Å². The number of hydrogen-bond acceptors (Lipinski definition) is 1. The Kier molecular flexibility index (Phi) is 1.08. The first-order valence-electron chi connectivity index (χ1n) is 3.97. The number of nitrogens with zero attached hydrogens (tertiary/aromatic N) is 1. The molecule has 0 N–H and O–H groups in total. The van der Waals surface area contributed by atoms with Gasteiger partial charge >= 0.3 is 0 Å². The minimum atomic E-state index is 0.261. The maximum atomic E-state index is 11.0. The molecule has 3 unspecified atom stereocenters. The maximum Gasteiger partial charge on any atom is 0.219 e. The van der Waals surface area contributed by atoms with Crippen molar-refractivity contribution in [2.45, 2.75) is 26.3 Å². The fourth-order valence-electron chi connectivity index (χ4n) is 2.26. The van der Waals surface area contributed by atoms with Gasteiger partial charge in [0.15, 0.2) is 0 Å². The summed E-state index contributed by atoms with van der Waals surface area (Å²) in [6, 6.07) is 0.600. The average Bonchev–Trinajstić information content (AvgIpc) is 2.40. The highest BCUT2D eigenvalue weighted by Crippen LogP contribution is 2.45. The second-order valence-corrected chi connectivity index (χ2v) is 3.59. The predicted molar refractivity (Wildman–Crippen MR) is 38.4 cm³/mol. The Bertz CT molecular complexity index is 178. The number of hydrogen-bond donors (Lipinski definition) is 0. The van der Waals surface area contributed by atoms with Gasteiger partial charge in [0.1, 0.15) is 0 Å². The molecule has 10 heavy (non-hydrogen) atoms. The molecule has 0 spiro atoms. The average molecular weight is 139 g/mol. The molecule has 2 bridgehead atoms. The molecule has 1 amide bonds. The zero-order valence-electron chi connectivity index (χ0n) is 6.50. The molecule has 3 aliphatic rings. The molecule has 0 radical (unpaired) electrons. The highest BCUT2D eigenvalue weighted by atomic mass is 16.2. The summed E-state index contributed by atoms with van der Waals surface area (Å²) in [7, 11) is 0. The topological polar surface area (TPSA) is 20.3 Å². The van der Waals surface area contributed by atoms with Gasteiger partial charge in [0.2, 0.25) is 5.91 Å². The second-order valence-electron chi connectivity index (χ2n) is 3.59. The van der Waals surface area contributed by atoms with E-state index in [1.807, 2.05) is 4.90 Å². The first-order chi connectivity index (χ1) is 4.70. The Labute approximate surface area is 61.2 Å². The van der Waals surface area contributed by atoms with Crippen LogP contribution in [0.1, 0.15) is 20.3 Å². The summed E-state index contributed by atoms with van der Waals surface area (Å²) in [6.45, 7) is 4.95. The van der Waals surface area contributed by atoms with Gasteiger partial charge in [0.05, 0.1) is 0 Å². The van der Waals surface area contributed by atoms with E-state index in [1.165, 1.54) is 6.42 Å². The normalized spacial score (nSPS) is 43.4. The summed E-state index contributed by atoms with van der Waals surface area (Å²) in [4.78, 5) is 13.0. The van der Waals surface area contributed by atoms with Crippen molar-refractivity contribution in [1.82, 2.24) is 4.90 Å². The molecule has 2 heteroatoms. The minimum absolute atomic E-state index is 0.261. The molecule has 1 saturated carbocycles. The van der Waals surface area contributed by atoms with Crippen molar-refractivity contribution in [3.8, 4) is 0 Å². The summed E-state index contributed by atoms with van der Waals surface area (Å²) in [5.74, 6) is 1.87. The molecule has 2 saturated heterocycles. The molecule has 3 atom stereocenters. The Balaban J connectivity index is 2.10. The van der Waals surface area contributed by atoms with Crippen molar-refractivity contribution in [2.75, 3.05) is 6.54 Å². The third-order valence-electron chi connectivity index (χ3n) is 3.13. The van der Waals surface area contributed by atoms with Gasteiger partial charge in [-0.05, 0) is 18.3 Å². The van der Waals surface area contributed by atoms with Crippen LogP contribution in [0, 0.1) is 11.8 Å². The van der Waals surface area contributed by atoms with Crippen LogP contribution in [0.4, 0.5) is 0 Å². The third kappa shape index (κ3) is 0.568. The first-order valence-corrected chi connectivity index (χ1v) is 3.97. The van der Waals surface area contributed by atoms with Gasteiger partial charge in [0, 0.05) is 19.5 Å². The van der Waals surface area contributed by atoms with Gasteiger partial charge in [-0.1, -0.05) is 6.92 Å². The zero-order valence-corrected chi connectivity index (χ0v) is 6.50. The maximum absolute atomic E-state index is 11.0. The van der Waals surface area contributed by atoms with Gasteiger partial charge in [-0.3, -0.25) is 4.79 Å². The van der Waals surface area contributed by atoms with Crippen molar-refractivity contribution in [1.29, 1.82) is 0 Å². The van der Waals surface area contributed by atoms with E-state index in [1.54, 1.807) is 6.92 Å².